The Bertz CT molecular complexity index is 171. The monoisotopic (exact) mass is 215 g/mol. The zero-order chi connectivity index (χ0) is 11.1. The van der Waals surface area contributed by atoms with E-state index in [0.29, 0.717) is 0 Å². The first-order valence-electron chi connectivity index (χ1n) is 6.16. The minimum Gasteiger partial charge on any atom is -0.390 e. The van der Waals surface area contributed by atoms with Crippen molar-refractivity contribution < 1.29 is 9.84 Å². The quantitative estimate of drug-likeness (QED) is 0.708. The summed E-state index contributed by atoms with van der Waals surface area (Å²) in [4.78, 5) is 2.40. The van der Waals surface area contributed by atoms with E-state index in [0.717, 1.165) is 58.5 Å². The Morgan fingerprint density at radius 3 is 2.80 bits per heavy atom. The molecule has 1 fully saturated rings. The van der Waals surface area contributed by atoms with Gasteiger partial charge in [0, 0.05) is 19.7 Å². The molecule has 0 spiro atoms. The van der Waals surface area contributed by atoms with E-state index >= 15 is 0 Å². The molecule has 3 heteroatoms. The molecule has 1 unspecified atom stereocenters. The van der Waals surface area contributed by atoms with Crippen molar-refractivity contribution in [1.82, 2.24) is 4.90 Å². The molecule has 1 heterocycles. The van der Waals surface area contributed by atoms with Crippen LogP contribution in [0.2, 0.25) is 0 Å². The van der Waals surface area contributed by atoms with E-state index < -0.39 is 5.60 Å². The SMILES string of the molecule is CCCOCCN1CCCC(C)(O)CC1. The maximum Gasteiger partial charge on any atom is 0.0632 e. The lowest BCUT2D eigenvalue weighted by molar-refractivity contribution is 0.0428. The number of aliphatic hydroxyl groups is 1. The van der Waals surface area contributed by atoms with Crippen molar-refractivity contribution >= 4 is 0 Å². The molecule has 0 aliphatic carbocycles. The molecule has 15 heavy (non-hydrogen) atoms. The Hall–Kier alpha value is -0.120. The molecule has 1 saturated heterocycles. The van der Waals surface area contributed by atoms with Crippen LogP contribution in [0, 0.1) is 0 Å². The number of rotatable bonds is 5. The molecule has 1 N–H and O–H groups in total. The van der Waals surface area contributed by atoms with Crippen LogP contribution in [-0.2, 0) is 4.74 Å². The van der Waals surface area contributed by atoms with Gasteiger partial charge in [0.15, 0.2) is 0 Å². The molecule has 0 aromatic carbocycles. The van der Waals surface area contributed by atoms with Gasteiger partial charge in [0.25, 0.3) is 0 Å². The van der Waals surface area contributed by atoms with Gasteiger partial charge in [0.1, 0.15) is 0 Å². The first-order chi connectivity index (χ1) is 7.14. The molecule has 0 aromatic rings. The number of likely N-dealkylation sites (tertiary alicyclic amines) is 1. The van der Waals surface area contributed by atoms with Gasteiger partial charge in [-0.15, -0.1) is 0 Å². The molecule has 0 radical (unpaired) electrons. The Morgan fingerprint density at radius 2 is 2.07 bits per heavy atom. The Morgan fingerprint density at radius 1 is 1.27 bits per heavy atom. The number of nitrogens with zero attached hydrogens (tertiary/aromatic N) is 1. The van der Waals surface area contributed by atoms with Gasteiger partial charge >= 0.3 is 0 Å². The van der Waals surface area contributed by atoms with E-state index in [-0.39, 0.29) is 0 Å². The molecule has 1 rings (SSSR count). The van der Waals surface area contributed by atoms with Gasteiger partial charge in [-0.05, 0) is 39.2 Å². The predicted octanol–water partition coefficient (Wildman–Crippen LogP) is 1.65. The average molecular weight is 215 g/mol. The van der Waals surface area contributed by atoms with Crippen LogP contribution >= 0.6 is 0 Å². The highest BCUT2D eigenvalue weighted by atomic mass is 16.5. The van der Waals surface area contributed by atoms with E-state index in [4.69, 9.17) is 4.74 Å². The maximum atomic E-state index is 9.92. The molecular weight excluding hydrogens is 190 g/mol. The summed E-state index contributed by atoms with van der Waals surface area (Å²) >= 11 is 0. The summed E-state index contributed by atoms with van der Waals surface area (Å²) in [7, 11) is 0. The summed E-state index contributed by atoms with van der Waals surface area (Å²) in [6, 6.07) is 0. The second-order valence-electron chi connectivity index (χ2n) is 4.80. The average Bonchev–Trinajstić information content (AvgIpc) is 2.35. The van der Waals surface area contributed by atoms with Crippen LogP contribution in [0.4, 0.5) is 0 Å². The smallest absolute Gasteiger partial charge is 0.0632 e. The van der Waals surface area contributed by atoms with Gasteiger partial charge in [-0.25, -0.2) is 0 Å². The minimum atomic E-state index is -0.445. The molecule has 0 aromatic heterocycles. The van der Waals surface area contributed by atoms with Gasteiger partial charge < -0.3 is 14.7 Å². The zero-order valence-electron chi connectivity index (χ0n) is 10.2. The van der Waals surface area contributed by atoms with Crippen LogP contribution in [-0.4, -0.2) is 48.5 Å². The lowest BCUT2D eigenvalue weighted by Gasteiger charge is -2.22. The van der Waals surface area contributed by atoms with Crippen molar-refractivity contribution in [1.29, 1.82) is 0 Å². The largest absolute Gasteiger partial charge is 0.390 e. The van der Waals surface area contributed by atoms with E-state index in [1.54, 1.807) is 0 Å². The lowest BCUT2D eigenvalue weighted by Crippen LogP contribution is -2.31. The summed E-state index contributed by atoms with van der Waals surface area (Å²) in [6.07, 6.45) is 4.01. The van der Waals surface area contributed by atoms with Crippen LogP contribution in [0.3, 0.4) is 0 Å². The van der Waals surface area contributed by atoms with Crippen LogP contribution in [0.1, 0.15) is 39.5 Å². The summed E-state index contributed by atoms with van der Waals surface area (Å²) < 4.78 is 5.47. The fourth-order valence-electron chi connectivity index (χ4n) is 1.98. The van der Waals surface area contributed by atoms with Crippen molar-refractivity contribution in [3.63, 3.8) is 0 Å². The molecule has 90 valence electrons. The molecule has 1 aliphatic rings. The third-order valence-corrected chi connectivity index (χ3v) is 3.06. The third-order valence-electron chi connectivity index (χ3n) is 3.06. The van der Waals surface area contributed by atoms with Crippen molar-refractivity contribution in [3.8, 4) is 0 Å². The summed E-state index contributed by atoms with van der Waals surface area (Å²) in [5, 5.41) is 9.92. The lowest BCUT2D eigenvalue weighted by atomic mass is 9.98. The first-order valence-corrected chi connectivity index (χ1v) is 6.16. The number of hydrogen-bond acceptors (Lipinski definition) is 3. The van der Waals surface area contributed by atoms with Crippen molar-refractivity contribution in [2.24, 2.45) is 0 Å². The fraction of sp³-hybridized carbons (Fsp3) is 1.00. The summed E-state index contributed by atoms with van der Waals surface area (Å²) in [5.41, 5.74) is -0.445. The van der Waals surface area contributed by atoms with Crippen molar-refractivity contribution in [2.45, 2.75) is 45.1 Å². The third kappa shape index (κ3) is 5.50. The normalized spacial score (nSPS) is 29.0. The van der Waals surface area contributed by atoms with E-state index in [1.807, 2.05) is 6.92 Å². The summed E-state index contributed by atoms with van der Waals surface area (Å²) in [5.74, 6) is 0. The minimum absolute atomic E-state index is 0.445. The number of ether oxygens (including phenoxy) is 1. The molecule has 1 aliphatic heterocycles. The van der Waals surface area contributed by atoms with Gasteiger partial charge in [-0.2, -0.15) is 0 Å². The Labute approximate surface area is 93.4 Å². The highest BCUT2D eigenvalue weighted by molar-refractivity contribution is 4.78. The molecule has 0 bridgehead atoms. The first kappa shape index (κ1) is 12.9. The van der Waals surface area contributed by atoms with E-state index in [2.05, 4.69) is 11.8 Å². The molecular formula is C12H25NO2. The highest BCUT2D eigenvalue weighted by Gasteiger charge is 2.24. The van der Waals surface area contributed by atoms with Gasteiger partial charge in [-0.1, -0.05) is 6.92 Å². The summed E-state index contributed by atoms with van der Waals surface area (Å²) in [6.45, 7) is 8.89. The van der Waals surface area contributed by atoms with Crippen molar-refractivity contribution in [2.75, 3.05) is 32.8 Å². The number of hydrogen-bond donors (Lipinski definition) is 1. The van der Waals surface area contributed by atoms with Crippen LogP contribution < -0.4 is 0 Å². The maximum absolute atomic E-state index is 9.92. The van der Waals surface area contributed by atoms with Crippen LogP contribution in [0.15, 0.2) is 0 Å². The standard InChI is InChI=1S/C12H25NO2/c1-3-10-15-11-9-13-7-4-5-12(2,14)6-8-13/h14H,3-11H2,1-2H3. The molecule has 0 saturated carbocycles. The van der Waals surface area contributed by atoms with Gasteiger partial charge in [0.05, 0.1) is 12.2 Å². The van der Waals surface area contributed by atoms with Crippen LogP contribution in [0.5, 0.6) is 0 Å². The van der Waals surface area contributed by atoms with Crippen LogP contribution in [0.25, 0.3) is 0 Å². The van der Waals surface area contributed by atoms with E-state index in [9.17, 15) is 5.11 Å². The topological polar surface area (TPSA) is 32.7 Å². The second kappa shape index (κ2) is 6.46. The molecule has 0 amide bonds. The molecule has 3 nitrogen and oxygen atoms in total. The predicted molar refractivity (Wildman–Crippen MR) is 62.0 cm³/mol. The van der Waals surface area contributed by atoms with Crippen molar-refractivity contribution in [3.05, 3.63) is 0 Å². The highest BCUT2D eigenvalue weighted by Crippen LogP contribution is 2.20. The molecule has 1 atom stereocenters. The zero-order valence-corrected chi connectivity index (χ0v) is 10.2. The Balaban J connectivity index is 2.14. The van der Waals surface area contributed by atoms with E-state index in [1.165, 1.54) is 0 Å². The fourth-order valence-corrected chi connectivity index (χ4v) is 1.98. The van der Waals surface area contributed by atoms with Gasteiger partial charge in [-0.3, -0.25) is 0 Å². The van der Waals surface area contributed by atoms with Gasteiger partial charge in [0.2, 0.25) is 0 Å². The Kier molecular flexibility index (Phi) is 5.58. The second-order valence-corrected chi connectivity index (χ2v) is 4.80.